The van der Waals surface area contributed by atoms with Crippen LogP contribution in [0.1, 0.15) is 11.9 Å². The van der Waals surface area contributed by atoms with Gasteiger partial charge in [0.2, 0.25) is 0 Å². The van der Waals surface area contributed by atoms with Gasteiger partial charge in [0, 0.05) is 10.6 Å². The highest BCUT2D eigenvalue weighted by Gasteiger charge is 2.39. The van der Waals surface area contributed by atoms with E-state index in [2.05, 4.69) is 40.6 Å². The lowest BCUT2D eigenvalue weighted by Crippen LogP contribution is -2.50. The van der Waals surface area contributed by atoms with Crippen molar-refractivity contribution in [2.24, 2.45) is 0 Å². The second-order valence-electron chi connectivity index (χ2n) is 6.26. The van der Waals surface area contributed by atoms with Gasteiger partial charge in [-0.1, -0.05) is 35.5 Å². The Kier molecular flexibility index (Phi) is 4.92. The van der Waals surface area contributed by atoms with E-state index in [0.717, 1.165) is 10.6 Å². The Morgan fingerprint density at radius 1 is 1.08 bits per heavy atom. The highest BCUT2D eigenvalue weighted by Crippen LogP contribution is 2.27. The first kappa shape index (κ1) is 17.4. The highest BCUT2D eigenvalue weighted by molar-refractivity contribution is 7.98. The minimum Gasteiger partial charge on any atom is -0.388 e. The normalized spacial score (nSPS) is 26.3. The van der Waals surface area contributed by atoms with Crippen molar-refractivity contribution in [2.45, 2.75) is 35.2 Å². The SMILES string of the molecule is OC1COC(n2cc(CSc3ccc4ccccc4c3)nn2)C(O)C1O. The number of aliphatic hydroxyl groups excluding tert-OH is 3. The summed E-state index contributed by atoms with van der Waals surface area (Å²) in [4.78, 5) is 1.13. The summed E-state index contributed by atoms with van der Waals surface area (Å²) >= 11 is 1.64. The van der Waals surface area contributed by atoms with Crippen LogP contribution >= 0.6 is 11.8 Å². The molecule has 1 fully saturated rings. The molecular formula is C18H19N3O4S. The first-order chi connectivity index (χ1) is 12.6. The van der Waals surface area contributed by atoms with Gasteiger partial charge in [0.25, 0.3) is 0 Å². The fourth-order valence-corrected chi connectivity index (χ4v) is 3.76. The van der Waals surface area contributed by atoms with Gasteiger partial charge >= 0.3 is 0 Å². The maximum Gasteiger partial charge on any atom is 0.180 e. The fraction of sp³-hybridized carbons (Fsp3) is 0.333. The zero-order valence-corrected chi connectivity index (χ0v) is 14.7. The molecule has 26 heavy (non-hydrogen) atoms. The number of aromatic nitrogens is 3. The van der Waals surface area contributed by atoms with E-state index in [9.17, 15) is 15.3 Å². The summed E-state index contributed by atoms with van der Waals surface area (Å²) in [6.45, 7) is -0.0655. The van der Waals surface area contributed by atoms with Gasteiger partial charge in [0.05, 0.1) is 18.5 Å². The summed E-state index contributed by atoms with van der Waals surface area (Å²) in [6.07, 6.45) is -2.81. The molecule has 3 N–H and O–H groups in total. The van der Waals surface area contributed by atoms with Crippen molar-refractivity contribution < 1.29 is 20.1 Å². The smallest absolute Gasteiger partial charge is 0.180 e. The van der Waals surface area contributed by atoms with E-state index in [1.807, 2.05) is 12.1 Å². The first-order valence-electron chi connectivity index (χ1n) is 8.30. The fourth-order valence-electron chi connectivity index (χ4n) is 2.94. The first-order valence-corrected chi connectivity index (χ1v) is 9.28. The quantitative estimate of drug-likeness (QED) is 0.593. The molecule has 4 rings (SSSR count). The molecule has 3 aromatic rings. The van der Waals surface area contributed by atoms with Crippen LogP contribution in [0.3, 0.4) is 0 Å². The average molecular weight is 373 g/mol. The van der Waals surface area contributed by atoms with Crippen LogP contribution in [0, 0.1) is 0 Å². The molecule has 0 amide bonds. The molecule has 1 aliphatic heterocycles. The van der Waals surface area contributed by atoms with Gasteiger partial charge in [0.1, 0.15) is 18.3 Å². The van der Waals surface area contributed by atoms with Gasteiger partial charge in [-0.25, -0.2) is 4.68 Å². The molecule has 2 aromatic carbocycles. The van der Waals surface area contributed by atoms with Crippen LogP contribution in [0.4, 0.5) is 0 Å². The second-order valence-corrected chi connectivity index (χ2v) is 7.31. The molecule has 7 nitrogen and oxygen atoms in total. The van der Waals surface area contributed by atoms with Crippen molar-refractivity contribution >= 4 is 22.5 Å². The largest absolute Gasteiger partial charge is 0.388 e. The Morgan fingerprint density at radius 2 is 1.88 bits per heavy atom. The van der Waals surface area contributed by atoms with E-state index < -0.39 is 24.5 Å². The van der Waals surface area contributed by atoms with E-state index in [4.69, 9.17) is 4.74 Å². The Hall–Kier alpha value is -1.97. The molecule has 8 heteroatoms. The summed E-state index contributed by atoms with van der Waals surface area (Å²) in [7, 11) is 0. The van der Waals surface area contributed by atoms with Crippen LogP contribution in [0.25, 0.3) is 10.8 Å². The zero-order valence-electron chi connectivity index (χ0n) is 13.8. The van der Waals surface area contributed by atoms with Crippen LogP contribution in [-0.2, 0) is 10.5 Å². The van der Waals surface area contributed by atoms with Crippen molar-refractivity contribution in [2.75, 3.05) is 6.61 Å². The molecule has 136 valence electrons. The maximum absolute atomic E-state index is 10.1. The van der Waals surface area contributed by atoms with Crippen molar-refractivity contribution in [3.8, 4) is 0 Å². The summed E-state index contributed by atoms with van der Waals surface area (Å²) in [5.41, 5.74) is 0.736. The molecule has 4 atom stereocenters. The van der Waals surface area contributed by atoms with E-state index in [1.54, 1.807) is 18.0 Å². The number of hydrogen-bond donors (Lipinski definition) is 3. The minimum absolute atomic E-state index is 0.0655. The van der Waals surface area contributed by atoms with Gasteiger partial charge in [-0.3, -0.25) is 0 Å². The second kappa shape index (κ2) is 7.34. The molecule has 1 aromatic heterocycles. The summed E-state index contributed by atoms with van der Waals surface area (Å²) in [6, 6.07) is 14.5. The Balaban J connectivity index is 1.43. The summed E-state index contributed by atoms with van der Waals surface area (Å²) < 4.78 is 6.76. The predicted molar refractivity (Wildman–Crippen MR) is 96.5 cm³/mol. The molecule has 0 saturated carbocycles. The number of benzene rings is 2. The topological polar surface area (TPSA) is 101 Å². The molecule has 0 spiro atoms. The van der Waals surface area contributed by atoms with Gasteiger partial charge in [-0.05, 0) is 22.9 Å². The van der Waals surface area contributed by atoms with Crippen LogP contribution in [0.15, 0.2) is 53.6 Å². The summed E-state index contributed by atoms with van der Waals surface area (Å²) in [5, 5.41) is 39.8. The van der Waals surface area contributed by atoms with Crippen LogP contribution in [0.5, 0.6) is 0 Å². The Labute approximate surface area is 154 Å². The monoisotopic (exact) mass is 373 g/mol. The van der Waals surface area contributed by atoms with Crippen molar-refractivity contribution in [3.05, 3.63) is 54.4 Å². The number of aliphatic hydroxyl groups is 3. The van der Waals surface area contributed by atoms with Gasteiger partial charge in [-0.2, -0.15) is 0 Å². The van der Waals surface area contributed by atoms with Crippen LogP contribution < -0.4 is 0 Å². The van der Waals surface area contributed by atoms with Crippen molar-refractivity contribution in [3.63, 3.8) is 0 Å². The molecule has 2 heterocycles. The Morgan fingerprint density at radius 3 is 2.73 bits per heavy atom. The number of rotatable bonds is 4. The maximum atomic E-state index is 10.1. The van der Waals surface area contributed by atoms with Gasteiger partial charge in [-0.15, -0.1) is 16.9 Å². The molecule has 4 unspecified atom stereocenters. The van der Waals surface area contributed by atoms with Gasteiger partial charge in [0.15, 0.2) is 6.23 Å². The van der Waals surface area contributed by atoms with E-state index >= 15 is 0 Å². The third-order valence-electron chi connectivity index (χ3n) is 4.40. The number of ether oxygens (including phenoxy) is 1. The van der Waals surface area contributed by atoms with E-state index in [-0.39, 0.29) is 6.61 Å². The van der Waals surface area contributed by atoms with E-state index in [0.29, 0.717) is 5.75 Å². The molecule has 1 saturated heterocycles. The lowest BCUT2D eigenvalue weighted by molar-refractivity contribution is -0.214. The highest BCUT2D eigenvalue weighted by atomic mass is 32.2. The molecule has 0 aliphatic carbocycles. The third-order valence-corrected chi connectivity index (χ3v) is 5.43. The van der Waals surface area contributed by atoms with Crippen LogP contribution in [0.2, 0.25) is 0 Å². The third kappa shape index (κ3) is 3.46. The zero-order chi connectivity index (χ0) is 18.1. The van der Waals surface area contributed by atoms with Crippen molar-refractivity contribution in [1.29, 1.82) is 0 Å². The van der Waals surface area contributed by atoms with Crippen LogP contribution in [-0.4, -0.2) is 55.2 Å². The predicted octanol–water partition coefficient (Wildman–Crippen LogP) is 1.34. The molecule has 0 bridgehead atoms. The van der Waals surface area contributed by atoms with E-state index in [1.165, 1.54) is 15.5 Å². The number of hydrogen-bond acceptors (Lipinski definition) is 7. The average Bonchev–Trinajstić information content (AvgIpc) is 3.13. The molecule has 1 aliphatic rings. The minimum atomic E-state index is -1.27. The standard InChI is InChI=1S/C18H19N3O4S/c22-15-9-25-18(17(24)16(15)23)21-8-13(19-20-21)10-26-14-6-5-11-3-1-2-4-12(11)7-14/h1-8,15-18,22-24H,9-10H2. The number of thioether (sulfide) groups is 1. The lowest BCUT2D eigenvalue weighted by Gasteiger charge is -2.34. The summed E-state index contributed by atoms with van der Waals surface area (Å²) in [5.74, 6) is 0.617. The molecule has 0 radical (unpaired) electrons. The number of nitrogens with zero attached hydrogens (tertiary/aromatic N) is 3. The Bertz CT molecular complexity index is 903. The number of fused-ring (bicyclic) bond motifs is 1. The van der Waals surface area contributed by atoms with Gasteiger partial charge < -0.3 is 20.1 Å². The van der Waals surface area contributed by atoms with Crippen molar-refractivity contribution in [1.82, 2.24) is 15.0 Å². The lowest BCUT2D eigenvalue weighted by atomic mass is 10.0. The molecular weight excluding hydrogens is 354 g/mol.